The van der Waals surface area contributed by atoms with Crippen molar-refractivity contribution in [2.45, 2.75) is 0 Å². The number of nitriles is 2. The van der Waals surface area contributed by atoms with E-state index in [4.69, 9.17) is 0 Å². The topological polar surface area (TPSA) is 62.4 Å². The number of nitrogens with zero attached hydrogens (tertiary/aromatic N) is 5. The van der Waals surface area contributed by atoms with E-state index in [0.29, 0.717) is 11.1 Å². The van der Waals surface area contributed by atoms with Crippen LogP contribution in [0.5, 0.6) is 0 Å². The van der Waals surface area contributed by atoms with Gasteiger partial charge in [0, 0.05) is 60.5 Å². The van der Waals surface area contributed by atoms with Gasteiger partial charge in [-0.1, -0.05) is 97.1 Å². The molecule has 254 valence electrons. The van der Waals surface area contributed by atoms with Crippen LogP contribution in [0, 0.1) is 22.7 Å². The van der Waals surface area contributed by atoms with Crippen LogP contribution in [0.15, 0.2) is 176 Å². The molecule has 3 heterocycles. The second kappa shape index (κ2) is 11.8. The van der Waals surface area contributed by atoms with Gasteiger partial charge < -0.3 is 13.7 Å². The first-order chi connectivity index (χ1) is 27.2. The molecule has 0 N–H and O–H groups in total. The summed E-state index contributed by atoms with van der Waals surface area (Å²) in [6, 6.07) is 65.9. The lowest BCUT2D eigenvalue weighted by atomic mass is 9.95. The first-order valence-electron chi connectivity index (χ1n) is 18.3. The fourth-order valence-electron chi connectivity index (χ4n) is 8.83. The maximum Gasteiger partial charge on any atom is 0.0998 e. The van der Waals surface area contributed by atoms with Crippen LogP contribution >= 0.6 is 0 Å². The molecule has 11 rings (SSSR count). The summed E-state index contributed by atoms with van der Waals surface area (Å²) in [6.45, 7) is 0. The molecule has 0 saturated carbocycles. The Morgan fingerprint density at radius 2 is 0.909 bits per heavy atom. The van der Waals surface area contributed by atoms with E-state index in [9.17, 15) is 10.5 Å². The highest BCUT2D eigenvalue weighted by Crippen LogP contribution is 2.46. The van der Waals surface area contributed by atoms with Crippen molar-refractivity contribution >= 4 is 65.4 Å². The lowest BCUT2D eigenvalue weighted by Crippen LogP contribution is -2.00. The SMILES string of the molecule is N#Cc1ccc(C#N)c(-c2cc(-n3c4ccccc4c4ccccc43)cc3c4ccc5c(c6ccccc6n5-c5ccccc5)c4n(-c4ccccc4)c23)c1. The van der Waals surface area contributed by atoms with Gasteiger partial charge >= 0.3 is 0 Å². The zero-order chi connectivity index (χ0) is 36.6. The van der Waals surface area contributed by atoms with Crippen LogP contribution in [0.4, 0.5) is 0 Å². The van der Waals surface area contributed by atoms with Crippen molar-refractivity contribution < 1.29 is 0 Å². The van der Waals surface area contributed by atoms with Gasteiger partial charge in [0.25, 0.3) is 0 Å². The van der Waals surface area contributed by atoms with E-state index < -0.39 is 0 Å². The Hall–Kier alpha value is -7.86. The van der Waals surface area contributed by atoms with Gasteiger partial charge in [0.15, 0.2) is 0 Å². The van der Waals surface area contributed by atoms with Gasteiger partial charge in [-0.2, -0.15) is 10.5 Å². The van der Waals surface area contributed by atoms with Gasteiger partial charge in [0.1, 0.15) is 0 Å². The number of para-hydroxylation sites is 5. The third-order valence-corrected chi connectivity index (χ3v) is 11.1. The molecule has 0 amide bonds. The third-order valence-electron chi connectivity index (χ3n) is 11.1. The van der Waals surface area contributed by atoms with Crippen molar-refractivity contribution in [3.63, 3.8) is 0 Å². The summed E-state index contributed by atoms with van der Waals surface area (Å²) >= 11 is 0. The monoisotopic (exact) mass is 699 g/mol. The molecule has 0 aliphatic rings. The van der Waals surface area contributed by atoms with Gasteiger partial charge in [0.2, 0.25) is 0 Å². The largest absolute Gasteiger partial charge is 0.309 e. The van der Waals surface area contributed by atoms with Crippen molar-refractivity contribution in [1.29, 1.82) is 10.5 Å². The first-order valence-corrected chi connectivity index (χ1v) is 18.3. The first kappa shape index (κ1) is 30.7. The van der Waals surface area contributed by atoms with Crippen molar-refractivity contribution in [3.05, 3.63) is 187 Å². The zero-order valence-electron chi connectivity index (χ0n) is 29.5. The zero-order valence-corrected chi connectivity index (χ0v) is 29.5. The van der Waals surface area contributed by atoms with E-state index in [-0.39, 0.29) is 0 Å². The number of benzene rings is 8. The summed E-state index contributed by atoms with van der Waals surface area (Å²) in [7, 11) is 0. The fourth-order valence-corrected chi connectivity index (χ4v) is 8.83. The standard InChI is InChI=1S/C50H29N5/c51-30-32-23-24-33(31-52)41(27-32)43-29-36(54-44-20-10-7-17-37(44)38-18-8-11-21-45(38)54)28-42-39-25-26-47-48(50(39)55(49(42)43)35-15-5-2-6-16-35)40-19-9-12-22-46(40)53(47)34-13-3-1-4-14-34/h1-29H. The predicted octanol–water partition coefficient (Wildman–Crippen LogP) is 12.4. The fraction of sp³-hybridized carbons (Fsp3) is 0. The van der Waals surface area contributed by atoms with Gasteiger partial charge in [-0.3, -0.25) is 0 Å². The highest BCUT2D eigenvalue weighted by atomic mass is 15.0. The predicted molar refractivity (Wildman–Crippen MR) is 224 cm³/mol. The van der Waals surface area contributed by atoms with Crippen LogP contribution in [0.3, 0.4) is 0 Å². The molecule has 0 saturated heterocycles. The number of aromatic nitrogens is 3. The molecule has 0 bridgehead atoms. The highest BCUT2D eigenvalue weighted by Gasteiger charge is 2.25. The molecule has 0 fully saturated rings. The lowest BCUT2D eigenvalue weighted by Gasteiger charge is -2.16. The Morgan fingerprint density at radius 1 is 0.345 bits per heavy atom. The maximum atomic E-state index is 10.6. The van der Waals surface area contributed by atoms with Crippen molar-refractivity contribution in [2.75, 3.05) is 0 Å². The minimum atomic E-state index is 0.500. The molecule has 5 nitrogen and oxygen atoms in total. The summed E-state index contributed by atoms with van der Waals surface area (Å²) in [5, 5.41) is 27.5. The quantitative estimate of drug-likeness (QED) is 0.184. The molecule has 5 heteroatoms. The van der Waals surface area contributed by atoms with Crippen molar-refractivity contribution in [2.24, 2.45) is 0 Å². The molecule has 0 aliphatic heterocycles. The molecule has 0 aliphatic carbocycles. The number of hydrogen-bond acceptors (Lipinski definition) is 2. The van der Waals surface area contributed by atoms with E-state index in [2.05, 4.69) is 177 Å². The normalized spacial score (nSPS) is 11.6. The summed E-state index contributed by atoms with van der Waals surface area (Å²) < 4.78 is 7.06. The number of hydrogen-bond donors (Lipinski definition) is 0. The third kappa shape index (κ3) is 4.39. The van der Waals surface area contributed by atoms with E-state index in [1.54, 1.807) is 12.1 Å². The van der Waals surface area contributed by atoms with Crippen molar-refractivity contribution in [1.82, 2.24) is 13.7 Å². The Morgan fingerprint density at radius 3 is 1.55 bits per heavy atom. The Kier molecular flexibility index (Phi) is 6.61. The summed E-state index contributed by atoms with van der Waals surface area (Å²) in [6.07, 6.45) is 0. The minimum Gasteiger partial charge on any atom is -0.309 e. The molecule has 11 aromatic rings. The van der Waals surface area contributed by atoms with Crippen LogP contribution in [-0.4, -0.2) is 13.7 Å². The highest BCUT2D eigenvalue weighted by molar-refractivity contribution is 6.28. The van der Waals surface area contributed by atoms with Gasteiger partial charge in [-0.05, 0) is 78.9 Å². The molecule has 8 aromatic carbocycles. The lowest BCUT2D eigenvalue weighted by molar-refractivity contribution is 1.17. The Labute approximate surface area is 316 Å². The summed E-state index contributed by atoms with van der Waals surface area (Å²) in [4.78, 5) is 0. The van der Waals surface area contributed by atoms with Crippen LogP contribution in [-0.2, 0) is 0 Å². The molecule has 0 radical (unpaired) electrons. The molecule has 0 spiro atoms. The average Bonchev–Trinajstić information content (AvgIpc) is 3.89. The average molecular weight is 700 g/mol. The van der Waals surface area contributed by atoms with Crippen LogP contribution in [0.1, 0.15) is 11.1 Å². The summed E-state index contributed by atoms with van der Waals surface area (Å²) in [5.74, 6) is 0. The molecule has 0 atom stereocenters. The second-order valence-corrected chi connectivity index (χ2v) is 14.0. The Balaban J connectivity index is 1.40. The van der Waals surface area contributed by atoms with E-state index >= 15 is 0 Å². The molecule has 3 aromatic heterocycles. The molecule has 55 heavy (non-hydrogen) atoms. The van der Waals surface area contributed by atoms with Gasteiger partial charge in [0.05, 0.1) is 56.4 Å². The smallest absolute Gasteiger partial charge is 0.0998 e. The van der Waals surface area contributed by atoms with Crippen LogP contribution in [0.25, 0.3) is 93.6 Å². The van der Waals surface area contributed by atoms with E-state index in [0.717, 1.165) is 82.8 Å². The second-order valence-electron chi connectivity index (χ2n) is 14.0. The van der Waals surface area contributed by atoms with E-state index in [1.807, 2.05) is 12.1 Å². The van der Waals surface area contributed by atoms with Crippen LogP contribution < -0.4 is 0 Å². The maximum absolute atomic E-state index is 10.6. The van der Waals surface area contributed by atoms with Gasteiger partial charge in [-0.25, -0.2) is 0 Å². The number of fused-ring (bicyclic) bond motifs is 10. The number of rotatable bonds is 4. The Bertz CT molecular complexity index is 3390. The van der Waals surface area contributed by atoms with E-state index in [1.165, 1.54) is 10.8 Å². The summed E-state index contributed by atoms with van der Waals surface area (Å²) in [5.41, 5.74) is 12.2. The molecular formula is C50H29N5. The minimum absolute atomic E-state index is 0.500. The van der Waals surface area contributed by atoms with Crippen molar-refractivity contribution in [3.8, 4) is 40.3 Å². The van der Waals surface area contributed by atoms with Crippen LogP contribution in [0.2, 0.25) is 0 Å². The molecular weight excluding hydrogens is 671 g/mol. The molecule has 0 unspecified atom stereocenters. The van der Waals surface area contributed by atoms with Gasteiger partial charge in [-0.15, -0.1) is 0 Å².